The van der Waals surface area contributed by atoms with E-state index in [4.69, 9.17) is 0 Å². The molecular weight excluding hydrogens is 253 g/mol. The van der Waals surface area contributed by atoms with Gasteiger partial charge in [-0.1, -0.05) is 12.1 Å². The number of pyridine rings is 1. The number of benzene rings is 1. The Balaban J connectivity index is 2.07. The molecular formula is C14H9F3N2. The molecule has 96 valence electrons. The van der Waals surface area contributed by atoms with Gasteiger partial charge in [-0.2, -0.15) is 13.2 Å². The van der Waals surface area contributed by atoms with E-state index in [0.29, 0.717) is 0 Å². The van der Waals surface area contributed by atoms with E-state index >= 15 is 0 Å². The molecule has 19 heavy (non-hydrogen) atoms. The fourth-order valence-corrected chi connectivity index (χ4v) is 2.03. The van der Waals surface area contributed by atoms with Gasteiger partial charge in [0.1, 0.15) is 5.65 Å². The van der Waals surface area contributed by atoms with Crippen LogP contribution in [0.5, 0.6) is 0 Å². The Bertz CT molecular complexity index is 711. The summed E-state index contributed by atoms with van der Waals surface area (Å²) in [7, 11) is 0. The summed E-state index contributed by atoms with van der Waals surface area (Å²) in [6, 6.07) is 8.79. The van der Waals surface area contributed by atoms with E-state index in [2.05, 4.69) is 9.97 Å². The molecule has 0 fully saturated rings. The maximum atomic E-state index is 12.5. The van der Waals surface area contributed by atoms with Crippen molar-refractivity contribution < 1.29 is 13.2 Å². The first-order valence-corrected chi connectivity index (χ1v) is 5.65. The highest BCUT2D eigenvalue weighted by Crippen LogP contribution is 2.32. The normalized spacial score (nSPS) is 11.9. The number of H-pyrrole nitrogens is 1. The van der Waals surface area contributed by atoms with Gasteiger partial charge in [-0.05, 0) is 29.8 Å². The number of nitrogens with zero attached hydrogens (tertiary/aromatic N) is 1. The van der Waals surface area contributed by atoms with Gasteiger partial charge in [0.15, 0.2) is 0 Å². The maximum absolute atomic E-state index is 12.5. The largest absolute Gasteiger partial charge is 0.416 e. The minimum atomic E-state index is -4.31. The van der Waals surface area contributed by atoms with Gasteiger partial charge in [-0.25, -0.2) is 4.98 Å². The molecule has 0 bridgehead atoms. The zero-order valence-corrected chi connectivity index (χ0v) is 9.70. The smallest absolute Gasteiger partial charge is 0.346 e. The second-order valence-corrected chi connectivity index (χ2v) is 4.18. The molecule has 0 atom stereocenters. The summed E-state index contributed by atoms with van der Waals surface area (Å²) in [5.41, 5.74) is 1.65. The van der Waals surface area contributed by atoms with Crippen LogP contribution in [-0.2, 0) is 6.18 Å². The Morgan fingerprint density at radius 2 is 1.74 bits per heavy atom. The molecule has 3 aromatic rings. The molecule has 0 aliphatic heterocycles. The van der Waals surface area contributed by atoms with Crippen LogP contribution in [0, 0.1) is 0 Å². The summed E-state index contributed by atoms with van der Waals surface area (Å²) >= 11 is 0. The van der Waals surface area contributed by atoms with E-state index in [0.717, 1.165) is 34.3 Å². The molecule has 0 saturated heterocycles. The third-order valence-electron chi connectivity index (χ3n) is 2.97. The predicted octanol–water partition coefficient (Wildman–Crippen LogP) is 4.25. The van der Waals surface area contributed by atoms with Gasteiger partial charge in [0.2, 0.25) is 0 Å². The van der Waals surface area contributed by atoms with Gasteiger partial charge < -0.3 is 4.98 Å². The van der Waals surface area contributed by atoms with Crippen molar-refractivity contribution in [3.8, 4) is 11.1 Å². The van der Waals surface area contributed by atoms with E-state index in [1.54, 1.807) is 18.5 Å². The van der Waals surface area contributed by atoms with Crippen LogP contribution in [0.3, 0.4) is 0 Å². The minimum absolute atomic E-state index is 0.644. The van der Waals surface area contributed by atoms with E-state index in [9.17, 15) is 13.2 Å². The molecule has 5 heteroatoms. The van der Waals surface area contributed by atoms with Crippen molar-refractivity contribution in [2.24, 2.45) is 0 Å². The minimum Gasteiger partial charge on any atom is -0.346 e. The molecule has 2 nitrogen and oxygen atoms in total. The van der Waals surface area contributed by atoms with E-state index < -0.39 is 11.7 Å². The number of aromatic nitrogens is 2. The van der Waals surface area contributed by atoms with Crippen LogP contribution < -0.4 is 0 Å². The lowest BCUT2D eigenvalue weighted by Gasteiger charge is -2.07. The molecule has 3 rings (SSSR count). The first-order chi connectivity index (χ1) is 9.05. The van der Waals surface area contributed by atoms with E-state index in [1.165, 1.54) is 12.1 Å². The molecule has 2 aromatic heterocycles. The summed E-state index contributed by atoms with van der Waals surface area (Å²) in [6.45, 7) is 0. The lowest BCUT2D eigenvalue weighted by Crippen LogP contribution is -2.03. The molecule has 0 saturated carbocycles. The van der Waals surface area contributed by atoms with Gasteiger partial charge in [0.25, 0.3) is 0 Å². The number of hydrogen-bond donors (Lipinski definition) is 1. The van der Waals surface area contributed by atoms with Crippen molar-refractivity contribution in [2.45, 2.75) is 6.18 Å². The molecule has 1 N–H and O–H groups in total. The van der Waals surface area contributed by atoms with Gasteiger partial charge in [-0.15, -0.1) is 0 Å². The highest BCUT2D eigenvalue weighted by molar-refractivity contribution is 5.93. The van der Waals surface area contributed by atoms with Crippen molar-refractivity contribution in [1.82, 2.24) is 9.97 Å². The summed E-state index contributed by atoms with van der Waals surface area (Å²) in [4.78, 5) is 7.15. The molecule has 0 aliphatic carbocycles. The third-order valence-corrected chi connectivity index (χ3v) is 2.97. The van der Waals surface area contributed by atoms with E-state index in [1.807, 2.05) is 6.07 Å². The molecule has 0 unspecified atom stereocenters. The average molecular weight is 262 g/mol. The Labute approximate surface area is 106 Å². The Morgan fingerprint density at radius 3 is 2.42 bits per heavy atom. The van der Waals surface area contributed by atoms with Crippen molar-refractivity contribution >= 4 is 11.0 Å². The summed E-state index contributed by atoms with van der Waals surface area (Å²) in [6.07, 6.45) is -0.893. The number of rotatable bonds is 1. The quantitative estimate of drug-likeness (QED) is 0.697. The number of halogens is 3. The third kappa shape index (κ3) is 2.07. The summed E-state index contributed by atoms with van der Waals surface area (Å²) in [5.74, 6) is 0. The fraction of sp³-hybridized carbons (Fsp3) is 0.0714. The molecule has 0 spiro atoms. The second kappa shape index (κ2) is 4.12. The fourth-order valence-electron chi connectivity index (χ4n) is 2.03. The van der Waals surface area contributed by atoms with Gasteiger partial charge in [-0.3, -0.25) is 0 Å². The van der Waals surface area contributed by atoms with Crippen molar-refractivity contribution in [3.05, 3.63) is 54.4 Å². The van der Waals surface area contributed by atoms with E-state index in [-0.39, 0.29) is 0 Å². The van der Waals surface area contributed by atoms with Gasteiger partial charge in [0.05, 0.1) is 5.56 Å². The van der Waals surface area contributed by atoms with Gasteiger partial charge in [0, 0.05) is 23.3 Å². The molecule has 0 amide bonds. The van der Waals surface area contributed by atoms with Crippen LogP contribution >= 0.6 is 0 Å². The Hall–Kier alpha value is -2.30. The van der Waals surface area contributed by atoms with Crippen LogP contribution in [0.25, 0.3) is 22.2 Å². The molecule has 2 heterocycles. The maximum Gasteiger partial charge on any atom is 0.416 e. The Kier molecular flexibility index (Phi) is 2.55. The Morgan fingerprint density at radius 1 is 1.00 bits per heavy atom. The van der Waals surface area contributed by atoms with Crippen LogP contribution in [0.2, 0.25) is 0 Å². The summed E-state index contributed by atoms with van der Waals surface area (Å²) < 4.78 is 37.5. The topological polar surface area (TPSA) is 28.7 Å². The monoisotopic (exact) mass is 262 g/mol. The zero-order chi connectivity index (χ0) is 13.5. The lowest BCUT2D eigenvalue weighted by atomic mass is 10.0. The van der Waals surface area contributed by atoms with Crippen molar-refractivity contribution in [1.29, 1.82) is 0 Å². The van der Waals surface area contributed by atoms with Gasteiger partial charge >= 0.3 is 6.18 Å². The van der Waals surface area contributed by atoms with Crippen molar-refractivity contribution in [3.63, 3.8) is 0 Å². The number of hydrogen-bond acceptors (Lipinski definition) is 1. The predicted molar refractivity (Wildman–Crippen MR) is 66.5 cm³/mol. The first kappa shape index (κ1) is 11.8. The number of nitrogens with one attached hydrogen (secondary N) is 1. The zero-order valence-electron chi connectivity index (χ0n) is 9.70. The second-order valence-electron chi connectivity index (χ2n) is 4.18. The van der Waals surface area contributed by atoms with Crippen LogP contribution in [-0.4, -0.2) is 9.97 Å². The summed E-state index contributed by atoms with van der Waals surface area (Å²) in [5, 5.41) is 0.891. The number of alkyl halides is 3. The van der Waals surface area contributed by atoms with Crippen LogP contribution in [0.4, 0.5) is 13.2 Å². The van der Waals surface area contributed by atoms with Crippen LogP contribution in [0.1, 0.15) is 5.56 Å². The number of aromatic amines is 1. The highest BCUT2D eigenvalue weighted by atomic mass is 19.4. The SMILES string of the molecule is FC(F)(F)c1ccc(-c2c[nH]c3ncccc23)cc1. The standard InChI is InChI=1S/C14H9F3N2/c15-14(16,17)10-5-3-9(4-6-10)12-8-19-13-11(12)2-1-7-18-13/h1-8H,(H,18,19). The molecule has 0 radical (unpaired) electrons. The number of fused-ring (bicyclic) bond motifs is 1. The molecule has 0 aliphatic rings. The average Bonchev–Trinajstić information content (AvgIpc) is 2.82. The lowest BCUT2D eigenvalue weighted by molar-refractivity contribution is -0.137. The molecule has 1 aromatic carbocycles. The highest BCUT2D eigenvalue weighted by Gasteiger charge is 2.30. The van der Waals surface area contributed by atoms with Crippen LogP contribution in [0.15, 0.2) is 48.8 Å². The van der Waals surface area contributed by atoms with Crippen molar-refractivity contribution in [2.75, 3.05) is 0 Å². The first-order valence-electron chi connectivity index (χ1n) is 5.65.